The third kappa shape index (κ3) is 3.19. The van der Waals surface area contributed by atoms with Crippen molar-refractivity contribution in [1.82, 2.24) is 10.3 Å². The van der Waals surface area contributed by atoms with Crippen LogP contribution in [0.3, 0.4) is 0 Å². The Morgan fingerprint density at radius 1 is 1.42 bits per heavy atom. The van der Waals surface area contributed by atoms with Crippen molar-refractivity contribution in [3.8, 4) is 0 Å². The molecule has 1 atom stereocenters. The number of aromatic nitrogens is 1. The van der Waals surface area contributed by atoms with Gasteiger partial charge in [-0.25, -0.2) is 9.78 Å². The highest BCUT2D eigenvalue weighted by atomic mass is 32.1. The summed E-state index contributed by atoms with van der Waals surface area (Å²) in [5, 5.41) is 6.01. The summed E-state index contributed by atoms with van der Waals surface area (Å²) in [4.78, 5) is 26.8. The summed E-state index contributed by atoms with van der Waals surface area (Å²) in [5.41, 5.74) is 6.54. The molecule has 1 aromatic heterocycles. The summed E-state index contributed by atoms with van der Waals surface area (Å²) >= 11 is 1.56. The molecule has 6 nitrogen and oxygen atoms in total. The Hall–Kier alpha value is -2.15. The lowest BCUT2D eigenvalue weighted by Gasteiger charge is -2.12. The highest BCUT2D eigenvalue weighted by Gasteiger charge is 2.14. The molecule has 0 fully saturated rings. The first kappa shape index (κ1) is 13.3. The fraction of sp³-hybridized carbons (Fsp3) is 0.250. The molecule has 1 unspecified atom stereocenters. The van der Waals surface area contributed by atoms with Gasteiger partial charge >= 0.3 is 6.03 Å². The summed E-state index contributed by atoms with van der Waals surface area (Å²) in [6.07, 6.45) is 0. The van der Waals surface area contributed by atoms with E-state index in [-0.39, 0.29) is 5.91 Å². The van der Waals surface area contributed by atoms with Crippen molar-refractivity contribution in [1.29, 1.82) is 0 Å². The number of anilines is 1. The first-order valence-electron chi connectivity index (χ1n) is 5.70. The van der Waals surface area contributed by atoms with Gasteiger partial charge in [-0.2, -0.15) is 0 Å². The van der Waals surface area contributed by atoms with Crippen LogP contribution in [0.1, 0.15) is 11.9 Å². The molecule has 0 saturated heterocycles. The standard InChI is InChI=1S/C12H14N4O2S/c1-6(14-12(13)18)11(17)16-8-3-4-9-10(5-8)19-7(2)15-9/h3-6H,1-2H3,(H,16,17)(H3,13,14,18). The van der Waals surface area contributed by atoms with E-state index in [1.807, 2.05) is 19.1 Å². The summed E-state index contributed by atoms with van der Waals surface area (Å²) in [5.74, 6) is -0.320. The molecular formula is C12H14N4O2S. The van der Waals surface area contributed by atoms with Crippen molar-refractivity contribution in [2.24, 2.45) is 5.73 Å². The molecule has 0 spiro atoms. The lowest BCUT2D eigenvalue weighted by molar-refractivity contribution is -0.117. The molecule has 2 rings (SSSR count). The second-order valence-electron chi connectivity index (χ2n) is 4.13. The first-order valence-corrected chi connectivity index (χ1v) is 6.51. The van der Waals surface area contributed by atoms with Gasteiger partial charge in [0.2, 0.25) is 5.91 Å². The van der Waals surface area contributed by atoms with E-state index in [0.29, 0.717) is 5.69 Å². The summed E-state index contributed by atoms with van der Waals surface area (Å²) in [7, 11) is 0. The van der Waals surface area contributed by atoms with Crippen LogP contribution in [0, 0.1) is 6.92 Å². The van der Waals surface area contributed by atoms with Gasteiger partial charge in [0.25, 0.3) is 0 Å². The molecule has 0 aliphatic rings. The van der Waals surface area contributed by atoms with Crippen LogP contribution in [0.4, 0.5) is 10.5 Å². The minimum Gasteiger partial charge on any atom is -0.352 e. The van der Waals surface area contributed by atoms with Gasteiger partial charge in [-0.05, 0) is 32.0 Å². The molecular weight excluding hydrogens is 264 g/mol. The number of hydrogen-bond acceptors (Lipinski definition) is 4. The van der Waals surface area contributed by atoms with Crippen molar-refractivity contribution in [3.63, 3.8) is 0 Å². The van der Waals surface area contributed by atoms with Crippen LogP contribution in [0.15, 0.2) is 18.2 Å². The predicted octanol–water partition coefficient (Wildman–Crippen LogP) is 1.60. The lowest BCUT2D eigenvalue weighted by Crippen LogP contribution is -2.44. The summed E-state index contributed by atoms with van der Waals surface area (Å²) in [6, 6.07) is 4.07. The fourth-order valence-corrected chi connectivity index (χ4v) is 2.51. The van der Waals surface area contributed by atoms with Crippen LogP contribution in [-0.4, -0.2) is 23.0 Å². The Labute approximate surface area is 114 Å². The third-order valence-electron chi connectivity index (χ3n) is 2.51. The molecule has 7 heteroatoms. The maximum atomic E-state index is 11.8. The monoisotopic (exact) mass is 278 g/mol. The van der Waals surface area contributed by atoms with Gasteiger partial charge in [-0.15, -0.1) is 11.3 Å². The number of carbonyl (C=O) groups excluding carboxylic acids is 2. The molecule has 0 aliphatic carbocycles. The van der Waals surface area contributed by atoms with E-state index in [4.69, 9.17) is 5.73 Å². The van der Waals surface area contributed by atoms with Crippen LogP contribution in [0.5, 0.6) is 0 Å². The van der Waals surface area contributed by atoms with Gasteiger partial charge in [-0.3, -0.25) is 4.79 Å². The number of fused-ring (bicyclic) bond motifs is 1. The van der Waals surface area contributed by atoms with E-state index in [9.17, 15) is 9.59 Å². The Bertz CT molecular complexity index is 638. The zero-order chi connectivity index (χ0) is 14.0. The molecule has 0 bridgehead atoms. The van der Waals surface area contributed by atoms with Crippen LogP contribution < -0.4 is 16.4 Å². The molecule has 4 N–H and O–H groups in total. The number of primary amides is 1. The Kier molecular flexibility index (Phi) is 3.66. The molecule has 0 radical (unpaired) electrons. The van der Waals surface area contributed by atoms with Crippen LogP contribution >= 0.6 is 11.3 Å². The molecule has 1 heterocycles. The van der Waals surface area contributed by atoms with Crippen LogP contribution in [-0.2, 0) is 4.79 Å². The number of urea groups is 1. The summed E-state index contributed by atoms with van der Waals surface area (Å²) in [6.45, 7) is 3.50. The van der Waals surface area contributed by atoms with E-state index in [2.05, 4.69) is 15.6 Å². The zero-order valence-electron chi connectivity index (χ0n) is 10.6. The van der Waals surface area contributed by atoms with E-state index in [1.54, 1.807) is 24.3 Å². The predicted molar refractivity (Wildman–Crippen MR) is 75.2 cm³/mol. The van der Waals surface area contributed by atoms with Crippen molar-refractivity contribution in [2.75, 3.05) is 5.32 Å². The van der Waals surface area contributed by atoms with Crippen LogP contribution in [0.25, 0.3) is 10.2 Å². The van der Waals surface area contributed by atoms with Gasteiger partial charge in [0.15, 0.2) is 0 Å². The molecule has 1 aromatic carbocycles. The number of aryl methyl sites for hydroxylation is 1. The van der Waals surface area contributed by atoms with E-state index in [1.165, 1.54) is 0 Å². The average molecular weight is 278 g/mol. The Morgan fingerprint density at radius 3 is 2.84 bits per heavy atom. The molecule has 19 heavy (non-hydrogen) atoms. The number of hydrogen-bond donors (Lipinski definition) is 3. The number of rotatable bonds is 3. The van der Waals surface area contributed by atoms with Gasteiger partial charge in [0, 0.05) is 5.69 Å². The number of nitrogens with two attached hydrogens (primary N) is 1. The van der Waals surface area contributed by atoms with Crippen molar-refractivity contribution < 1.29 is 9.59 Å². The minimum atomic E-state index is -0.726. The van der Waals surface area contributed by atoms with Gasteiger partial charge in [-0.1, -0.05) is 0 Å². The van der Waals surface area contributed by atoms with Gasteiger partial charge in [0.05, 0.1) is 15.2 Å². The number of carbonyl (C=O) groups is 2. The van der Waals surface area contributed by atoms with Crippen molar-refractivity contribution in [2.45, 2.75) is 19.9 Å². The summed E-state index contributed by atoms with van der Waals surface area (Å²) < 4.78 is 1.01. The number of amides is 3. The second kappa shape index (κ2) is 5.23. The highest BCUT2D eigenvalue weighted by molar-refractivity contribution is 7.18. The lowest BCUT2D eigenvalue weighted by atomic mass is 10.2. The number of nitrogens with one attached hydrogen (secondary N) is 2. The van der Waals surface area contributed by atoms with Gasteiger partial charge in [0.1, 0.15) is 6.04 Å². The highest BCUT2D eigenvalue weighted by Crippen LogP contribution is 2.24. The number of thiazole rings is 1. The quantitative estimate of drug-likeness (QED) is 0.795. The van der Waals surface area contributed by atoms with Crippen molar-refractivity contribution >= 4 is 39.2 Å². The molecule has 3 amide bonds. The Balaban J connectivity index is 2.12. The zero-order valence-corrected chi connectivity index (χ0v) is 11.4. The van der Waals surface area contributed by atoms with E-state index in [0.717, 1.165) is 15.2 Å². The largest absolute Gasteiger partial charge is 0.352 e. The van der Waals surface area contributed by atoms with Crippen LogP contribution in [0.2, 0.25) is 0 Å². The SMILES string of the molecule is Cc1nc2ccc(NC(=O)C(C)NC(N)=O)cc2s1. The Morgan fingerprint density at radius 2 is 2.16 bits per heavy atom. The first-order chi connectivity index (χ1) is 8.95. The van der Waals surface area contributed by atoms with E-state index < -0.39 is 12.1 Å². The maximum absolute atomic E-state index is 11.8. The van der Waals surface area contributed by atoms with E-state index >= 15 is 0 Å². The molecule has 100 valence electrons. The minimum absolute atomic E-state index is 0.320. The molecule has 0 saturated carbocycles. The average Bonchev–Trinajstić information content (AvgIpc) is 2.67. The molecule has 0 aliphatic heterocycles. The van der Waals surface area contributed by atoms with Crippen molar-refractivity contribution in [3.05, 3.63) is 23.2 Å². The number of benzene rings is 1. The molecule has 2 aromatic rings. The number of nitrogens with zero attached hydrogens (tertiary/aromatic N) is 1. The van der Waals surface area contributed by atoms with Gasteiger partial charge < -0.3 is 16.4 Å². The second-order valence-corrected chi connectivity index (χ2v) is 5.37. The normalized spacial score (nSPS) is 12.1. The maximum Gasteiger partial charge on any atom is 0.312 e. The third-order valence-corrected chi connectivity index (χ3v) is 3.45. The fourth-order valence-electron chi connectivity index (χ4n) is 1.65. The topological polar surface area (TPSA) is 97.1 Å². The smallest absolute Gasteiger partial charge is 0.312 e.